The summed E-state index contributed by atoms with van der Waals surface area (Å²) in [6.07, 6.45) is 0. The third-order valence-corrected chi connectivity index (χ3v) is 4.25. The average Bonchev–Trinajstić information content (AvgIpc) is 2.63. The normalized spacial score (nSPS) is 10.5. The summed E-state index contributed by atoms with van der Waals surface area (Å²) in [5.74, 6) is -0.790. The monoisotopic (exact) mass is 381 g/mol. The molecule has 0 fully saturated rings. The van der Waals surface area contributed by atoms with Crippen LogP contribution >= 0.6 is 11.6 Å². The van der Waals surface area contributed by atoms with Gasteiger partial charge in [0.2, 0.25) is 5.43 Å². The number of halogens is 1. The van der Waals surface area contributed by atoms with Crippen molar-refractivity contribution in [2.45, 2.75) is 13.8 Å². The van der Waals surface area contributed by atoms with E-state index in [0.717, 1.165) is 0 Å². The molecule has 3 rings (SSSR count). The lowest BCUT2D eigenvalue weighted by Crippen LogP contribution is -2.27. The maximum absolute atomic E-state index is 12.6. The van der Waals surface area contributed by atoms with Crippen LogP contribution in [0.15, 0.2) is 59.4 Å². The van der Waals surface area contributed by atoms with Crippen LogP contribution in [0.4, 0.5) is 5.69 Å². The molecule has 1 heterocycles. The number of hydrogen-bond acceptors (Lipinski definition) is 4. The highest BCUT2D eigenvalue weighted by Crippen LogP contribution is 2.20. The van der Waals surface area contributed by atoms with E-state index in [1.165, 1.54) is 17.7 Å². The highest BCUT2D eigenvalue weighted by molar-refractivity contribution is 6.32. The minimum atomic E-state index is -0.665. The first-order valence-corrected chi connectivity index (χ1v) is 8.53. The van der Waals surface area contributed by atoms with Crippen molar-refractivity contribution in [2.24, 2.45) is 0 Å². The van der Waals surface area contributed by atoms with Gasteiger partial charge in [-0.1, -0.05) is 35.9 Å². The number of aromatic nitrogens is 2. The molecule has 0 spiro atoms. The van der Waals surface area contributed by atoms with Crippen LogP contribution in [0.25, 0.3) is 5.69 Å². The number of nitrogens with zero attached hydrogens (tertiary/aromatic N) is 2. The van der Waals surface area contributed by atoms with Crippen LogP contribution in [0.2, 0.25) is 5.02 Å². The molecule has 0 atom stereocenters. The predicted octanol–water partition coefficient (Wildman–Crippen LogP) is 3.65. The SMILES string of the molecule is CC(=O)c1cccc(NC(=O)c2nn(-c3ccccc3Cl)c(C)cc2=O)c1. The Morgan fingerprint density at radius 2 is 1.81 bits per heavy atom. The fraction of sp³-hybridized carbons (Fsp3) is 0.100. The van der Waals surface area contributed by atoms with E-state index in [9.17, 15) is 14.4 Å². The fourth-order valence-electron chi connectivity index (χ4n) is 2.58. The number of ketones is 1. The van der Waals surface area contributed by atoms with Crippen molar-refractivity contribution in [1.82, 2.24) is 9.78 Å². The summed E-state index contributed by atoms with van der Waals surface area (Å²) in [7, 11) is 0. The van der Waals surface area contributed by atoms with E-state index in [1.54, 1.807) is 55.5 Å². The molecule has 7 heteroatoms. The minimum Gasteiger partial charge on any atom is -0.320 e. The van der Waals surface area contributed by atoms with Crippen molar-refractivity contribution in [1.29, 1.82) is 0 Å². The Balaban J connectivity index is 1.99. The molecule has 27 heavy (non-hydrogen) atoms. The van der Waals surface area contributed by atoms with Gasteiger partial charge in [0, 0.05) is 23.0 Å². The molecule has 0 radical (unpaired) electrons. The maximum atomic E-state index is 12.6. The molecule has 1 N–H and O–H groups in total. The number of carbonyl (C=O) groups excluding carboxylic acids is 2. The van der Waals surface area contributed by atoms with Crippen LogP contribution in [0, 0.1) is 6.92 Å². The number of anilines is 1. The molecular formula is C20H16ClN3O3. The molecule has 0 aliphatic carbocycles. The second kappa shape index (κ2) is 7.55. The number of nitrogens with one attached hydrogen (secondary N) is 1. The van der Waals surface area contributed by atoms with E-state index in [-0.39, 0.29) is 11.5 Å². The third-order valence-electron chi connectivity index (χ3n) is 3.93. The Kier molecular flexibility index (Phi) is 5.19. The zero-order chi connectivity index (χ0) is 19.6. The zero-order valence-electron chi connectivity index (χ0n) is 14.7. The van der Waals surface area contributed by atoms with Gasteiger partial charge in [0.15, 0.2) is 11.5 Å². The van der Waals surface area contributed by atoms with Crippen molar-refractivity contribution >= 4 is 29.0 Å². The standard InChI is InChI=1S/C20H16ClN3O3/c1-12-10-18(26)19(23-24(12)17-9-4-3-8-16(17)21)20(27)22-15-7-5-6-14(11-15)13(2)25/h3-11H,1-2H3,(H,22,27). The predicted molar refractivity (Wildman–Crippen MR) is 104 cm³/mol. The van der Waals surface area contributed by atoms with E-state index < -0.39 is 11.3 Å². The van der Waals surface area contributed by atoms with E-state index in [2.05, 4.69) is 10.4 Å². The van der Waals surface area contributed by atoms with Crippen LogP contribution in [0.3, 0.4) is 0 Å². The van der Waals surface area contributed by atoms with Gasteiger partial charge in [-0.05, 0) is 38.1 Å². The number of amides is 1. The fourth-order valence-corrected chi connectivity index (χ4v) is 2.79. The smallest absolute Gasteiger partial charge is 0.280 e. The largest absolute Gasteiger partial charge is 0.320 e. The van der Waals surface area contributed by atoms with Crippen molar-refractivity contribution in [2.75, 3.05) is 5.32 Å². The van der Waals surface area contributed by atoms with Gasteiger partial charge < -0.3 is 5.32 Å². The van der Waals surface area contributed by atoms with Gasteiger partial charge in [0.05, 0.1) is 10.7 Å². The molecular weight excluding hydrogens is 366 g/mol. The third kappa shape index (κ3) is 3.96. The Labute approximate surface area is 160 Å². The number of para-hydroxylation sites is 1. The first-order valence-electron chi connectivity index (χ1n) is 8.15. The lowest BCUT2D eigenvalue weighted by Gasteiger charge is -2.12. The quantitative estimate of drug-likeness (QED) is 0.699. The maximum Gasteiger partial charge on any atom is 0.280 e. The van der Waals surface area contributed by atoms with E-state index in [1.807, 2.05) is 0 Å². The first kappa shape index (κ1) is 18.5. The van der Waals surface area contributed by atoms with Gasteiger partial charge in [-0.3, -0.25) is 14.4 Å². The van der Waals surface area contributed by atoms with Crippen LogP contribution in [-0.4, -0.2) is 21.5 Å². The molecule has 1 amide bonds. The summed E-state index contributed by atoms with van der Waals surface area (Å²) in [5.41, 5.74) is 1.19. The molecule has 0 bridgehead atoms. The van der Waals surface area contributed by atoms with Crippen molar-refractivity contribution in [3.63, 3.8) is 0 Å². The lowest BCUT2D eigenvalue weighted by molar-refractivity contribution is 0.100. The van der Waals surface area contributed by atoms with Crippen LogP contribution in [0.1, 0.15) is 33.5 Å². The summed E-state index contributed by atoms with van der Waals surface area (Å²) in [6, 6.07) is 14.8. The molecule has 1 aromatic heterocycles. The lowest BCUT2D eigenvalue weighted by atomic mass is 10.1. The van der Waals surface area contributed by atoms with E-state index in [0.29, 0.717) is 27.7 Å². The van der Waals surface area contributed by atoms with E-state index >= 15 is 0 Å². The van der Waals surface area contributed by atoms with Crippen molar-refractivity contribution in [3.8, 4) is 5.69 Å². The number of aryl methyl sites for hydroxylation is 1. The summed E-state index contributed by atoms with van der Waals surface area (Å²) in [4.78, 5) is 36.4. The molecule has 0 saturated carbocycles. The average molecular weight is 382 g/mol. The summed E-state index contributed by atoms with van der Waals surface area (Å²) in [6.45, 7) is 3.14. The van der Waals surface area contributed by atoms with Crippen LogP contribution < -0.4 is 10.7 Å². The summed E-state index contributed by atoms with van der Waals surface area (Å²) >= 11 is 6.21. The molecule has 136 valence electrons. The van der Waals surface area contributed by atoms with Crippen LogP contribution in [-0.2, 0) is 0 Å². The molecule has 0 saturated heterocycles. The molecule has 0 unspecified atom stereocenters. The van der Waals surface area contributed by atoms with Gasteiger partial charge in [-0.25, -0.2) is 4.68 Å². The topological polar surface area (TPSA) is 81.1 Å². The van der Waals surface area contributed by atoms with Gasteiger partial charge in [-0.2, -0.15) is 5.10 Å². The second-order valence-electron chi connectivity index (χ2n) is 5.95. The minimum absolute atomic E-state index is 0.124. The number of hydrogen-bond donors (Lipinski definition) is 1. The van der Waals surface area contributed by atoms with Crippen LogP contribution in [0.5, 0.6) is 0 Å². The van der Waals surface area contributed by atoms with Gasteiger partial charge in [-0.15, -0.1) is 0 Å². The highest BCUT2D eigenvalue weighted by atomic mass is 35.5. The molecule has 3 aromatic rings. The Hall–Kier alpha value is -3.25. The van der Waals surface area contributed by atoms with Gasteiger partial charge in [0.25, 0.3) is 5.91 Å². The molecule has 0 aliphatic rings. The number of carbonyl (C=O) groups is 2. The number of rotatable bonds is 4. The zero-order valence-corrected chi connectivity index (χ0v) is 15.4. The second-order valence-corrected chi connectivity index (χ2v) is 6.36. The first-order chi connectivity index (χ1) is 12.9. The Morgan fingerprint density at radius 3 is 2.52 bits per heavy atom. The Morgan fingerprint density at radius 1 is 1.07 bits per heavy atom. The molecule has 2 aromatic carbocycles. The highest BCUT2D eigenvalue weighted by Gasteiger charge is 2.17. The van der Waals surface area contributed by atoms with Crippen molar-refractivity contribution in [3.05, 3.63) is 86.8 Å². The molecule has 0 aliphatic heterocycles. The summed E-state index contributed by atoms with van der Waals surface area (Å²) in [5, 5.41) is 7.25. The van der Waals surface area contributed by atoms with E-state index in [4.69, 9.17) is 11.6 Å². The molecule has 6 nitrogen and oxygen atoms in total. The summed E-state index contributed by atoms with van der Waals surface area (Å²) < 4.78 is 1.45. The van der Waals surface area contributed by atoms with Crippen molar-refractivity contribution < 1.29 is 9.59 Å². The number of benzene rings is 2. The van der Waals surface area contributed by atoms with Gasteiger partial charge in [0.1, 0.15) is 0 Å². The number of Topliss-reactive ketones (excluding diaryl/α,β-unsaturated/α-hetero) is 1. The van der Waals surface area contributed by atoms with Gasteiger partial charge >= 0.3 is 0 Å². The Bertz CT molecular complexity index is 1110.